The predicted molar refractivity (Wildman–Crippen MR) is 98.0 cm³/mol. The molecule has 0 spiro atoms. The van der Waals surface area contributed by atoms with Crippen molar-refractivity contribution in [3.8, 4) is 0 Å². The number of hydrogen-bond donors (Lipinski definition) is 2. The molecule has 0 saturated carbocycles. The number of rotatable bonds is 2. The van der Waals surface area contributed by atoms with Gasteiger partial charge in [-0.25, -0.2) is 14.2 Å². The third kappa shape index (κ3) is 3.08. The number of piperidine rings is 1. The second-order valence-electron chi connectivity index (χ2n) is 6.36. The second kappa shape index (κ2) is 6.53. The molecule has 1 aromatic heterocycles. The fraction of sp³-hybridized carbons (Fsp3) is 0.278. The smallest absolute Gasteiger partial charge is 0.407 e. The summed E-state index contributed by atoms with van der Waals surface area (Å²) in [5, 5.41) is 14.0. The zero-order valence-electron chi connectivity index (χ0n) is 13.7. The first-order chi connectivity index (χ1) is 12.5. The number of amides is 2. The molecule has 3 aromatic rings. The fourth-order valence-electron chi connectivity index (χ4n) is 3.31. The molecular formula is C18H16FN3O3S. The Kier molecular flexibility index (Phi) is 4.20. The highest BCUT2D eigenvalue weighted by Gasteiger charge is 2.28. The Bertz CT molecular complexity index is 1020. The summed E-state index contributed by atoms with van der Waals surface area (Å²) in [7, 11) is 0. The van der Waals surface area contributed by atoms with Gasteiger partial charge in [0.2, 0.25) is 5.91 Å². The third-order valence-corrected chi connectivity index (χ3v) is 5.65. The highest BCUT2D eigenvalue weighted by molar-refractivity contribution is 7.23. The van der Waals surface area contributed by atoms with Crippen LogP contribution in [0.5, 0.6) is 0 Å². The Morgan fingerprint density at radius 3 is 2.96 bits per heavy atom. The maximum atomic E-state index is 13.4. The third-order valence-electron chi connectivity index (χ3n) is 4.63. The zero-order valence-corrected chi connectivity index (χ0v) is 14.6. The van der Waals surface area contributed by atoms with E-state index in [0.29, 0.717) is 24.5 Å². The second-order valence-corrected chi connectivity index (χ2v) is 7.35. The van der Waals surface area contributed by atoms with Crippen molar-refractivity contribution in [1.82, 2.24) is 9.88 Å². The summed E-state index contributed by atoms with van der Waals surface area (Å²) in [6.07, 6.45) is 0.324. The van der Waals surface area contributed by atoms with Crippen LogP contribution in [-0.2, 0) is 4.79 Å². The molecule has 1 atom stereocenters. The van der Waals surface area contributed by atoms with Crippen molar-refractivity contribution in [1.29, 1.82) is 0 Å². The summed E-state index contributed by atoms with van der Waals surface area (Å²) < 4.78 is 14.3. The van der Waals surface area contributed by atoms with Crippen LogP contribution < -0.4 is 5.32 Å². The maximum Gasteiger partial charge on any atom is 0.407 e. The lowest BCUT2D eigenvalue weighted by atomic mass is 9.97. The van der Waals surface area contributed by atoms with Crippen LogP contribution in [0.2, 0.25) is 0 Å². The van der Waals surface area contributed by atoms with E-state index in [2.05, 4.69) is 10.3 Å². The van der Waals surface area contributed by atoms with Gasteiger partial charge in [0, 0.05) is 18.5 Å². The molecule has 26 heavy (non-hydrogen) atoms. The van der Waals surface area contributed by atoms with Crippen LogP contribution in [0.3, 0.4) is 0 Å². The first kappa shape index (κ1) is 16.7. The molecule has 1 fully saturated rings. The number of halogens is 1. The number of likely N-dealkylation sites (tertiary alicyclic amines) is 1. The van der Waals surface area contributed by atoms with Crippen LogP contribution in [0.25, 0.3) is 21.0 Å². The number of anilines is 1. The first-order valence-electron chi connectivity index (χ1n) is 8.29. The Morgan fingerprint density at radius 2 is 2.15 bits per heavy atom. The van der Waals surface area contributed by atoms with Crippen molar-refractivity contribution in [2.24, 2.45) is 5.92 Å². The molecule has 2 N–H and O–H groups in total. The highest BCUT2D eigenvalue weighted by atomic mass is 32.1. The summed E-state index contributed by atoms with van der Waals surface area (Å²) in [6.45, 7) is 0.664. The summed E-state index contributed by atoms with van der Waals surface area (Å²) in [6, 6.07) is 8.19. The van der Waals surface area contributed by atoms with E-state index in [-0.39, 0.29) is 24.2 Å². The number of aromatic nitrogens is 1. The minimum Gasteiger partial charge on any atom is -0.465 e. The molecule has 0 unspecified atom stereocenters. The number of carboxylic acid groups (broad SMARTS) is 1. The Labute approximate surface area is 152 Å². The van der Waals surface area contributed by atoms with Gasteiger partial charge in [-0.15, -0.1) is 0 Å². The topological polar surface area (TPSA) is 82.5 Å². The van der Waals surface area contributed by atoms with E-state index in [1.54, 1.807) is 18.2 Å². The molecule has 2 amide bonds. The standard InChI is InChI=1S/C18H16FN3O3S/c19-12-4-5-13-10(8-12)3-6-14-15(13)26-17(20-14)21-16(23)11-2-1-7-22(9-11)18(24)25/h3-6,8,11H,1-2,7,9H2,(H,24,25)(H,20,21,23)/t11-/m0/s1. The Balaban J connectivity index is 1.58. The maximum absolute atomic E-state index is 13.4. The number of fused-ring (bicyclic) bond motifs is 3. The van der Waals surface area contributed by atoms with Crippen LogP contribution in [0, 0.1) is 11.7 Å². The van der Waals surface area contributed by atoms with Crippen molar-refractivity contribution in [3.63, 3.8) is 0 Å². The monoisotopic (exact) mass is 373 g/mol. The van der Waals surface area contributed by atoms with Gasteiger partial charge in [-0.3, -0.25) is 4.79 Å². The lowest BCUT2D eigenvalue weighted by molar-refractivity contribution is -0.121. The van der Waals surface area contributed by atoms with Gasteiger partial charge in [0.25, 0.3) is 0 Å². The largest absolute Gasteiger partial charge is 0.465 e. The highest BCUT2D eigenvalue weighted by Crippen LogP contribution is 2.33. The molecule has 6 nitrogen and oxygen atoms in total. The van der Waals surface area contributed by atoms with E-state index in [1.165, 1.54) is 28.4 Å². The minimum atomic E-state index is -0.999. The van der Waals surface area contributed by atoms with Crippen molar-refractivity contribution in [2.75, 3.05) is 18.4 Å². The summed E-state index contributed by atoms with van der Waals surface area (Å²) in [5.74, 6) is -0.891. The van der Waals surface area contributed by atoms with E-state index in [4.69, 9.17) is 5.11 Å². The normalized spacial score (nSPS) is 17.6. The predicted octanol–water partition coefficient (Wildman–Crippen LogP) is 3.92. The summed E-state index contributed by atoms with van der Waals surface area (Å²) >= 11 is 1.34. The van der Waals surface area contributed by atoms with Gasteiger partial charge < -0.3 is 15.3 Å². The van der Waals surface area contributed by atoms with Gasteiger partial charge in [0.05, 0.1) is 16.1 Å². The van der Waals surface area contributed by atoms with Crippen LogP contribution in [0.4, 0.5) is 14.3 Å². The van der Waals surface area contributed by atoms with Crippen LogP contribution in [0.1, 0.15) is 12.8 Å². The number of nitrogens with one attached hydrogen (secondary N) is 1. The molecular weight excluding hydrogens is 357 g/mol. The number of carbonyl (C=O) groups is 2. The molecule has 8 heteroatoms. The number of hydrogen-bond acceptors (Lipinski definition) is 4. The average molecular weight is 373 g/mol. The quantitative estimate of drug-likeness (QED) is 0.713. The molecule has 134 valence electrons. The number of carbonyl (C=O) groups excluding carboxylic acids is 1. The van der Waals surface area contributed by atoms with Crippen LogP contribution in [-0.4, -0.2) is 40.1 Å². The molecule has 1 aliphatic rings. The molecule has 0 aliphatic carbocycles. The van der Waals surface area contributed by atoms with Crippen molar-refractivity contribution in [2.45, 2.75) is 12.8 Å². The van der Waals surface area contributed by atoms with Crippen molar-refractivity contribution in [3.05, 3.63) is 36.1 Å². The Morgan fingerprint density at radius 1 is 1.31 bits per heavy atom. The molecule has 0 radical (unpaired) electrons. The molecule has 1 saturated heterocycles. The molecule has 2 aromatic carbocycles. The minimum absolute atomic E-state index is 0.203. The SMILES string of the molecule is O=C(Nc1nc2ccc3cc(F)ccc3c2s1)[C@H]1CCCN(C(=O)O)C1. The van der Waals surface area contributed by atoms with Crippen molar-refractivity contribution < 1.29 is 19.1 Å². The van der Waals surface area contributed by atoms with Gasteiger partial charge in [0.1, 0.15) is 5.82 Å². The number of benzene rings is 2. The lowest BCUT2D eigenvalue weighted by Gasteiger charge is -2.29. The summed E-state index contributed by atoms with van der Waals surface area (Å²) in [4.78, 5) is 29.3. The van der Waals surface area contributed by atoms with Gasteiger partial charge in [-0.1, -0.05) is 17.4 Å². The van der Waals surface area contributed by atoms with Gasteiger partial charge in [-0.05, 0) is 42.5 Å². The van der Waals surface area contributed by atoms with E-state index in [1.807, 2.05) is 0 Å². The lowest BCUT2D eigenvalue weighted by Crippen LogP contribution is -2.43. The van der Waals surface area contributed by atoms with E-state index in [0.717, 1.165) is 21.0 Å². The van der Waals surface area contributed by atoms with E-state index in [9.17, 15) is 14.0 Å². The number of nitrogens with zero attached hydrogens (tertiary/aromatic N) is 2. The fourth-order valence-corrected chi connectivity index (χ4v) is 4.31. The number of thiazole rings is 1. The summed E-state index contributed by atoms with van der Waals surface area (Å²) in [5.41, 5.74) is 0.736. The molecule has 0 bridgehead atoms. The molecule has 4 rings (SSSR count). The first-order valence-corrected chi connectivity index (χ1v) is 9.10. The van der Waals surface area contributed by atoms with Gasteiger partial charge in [-0.2, -0.15) is 0 Å². The Hall–Kier alpha value is -2.74. The zero-order chi connectivity index (χ0) is 18.3. The van der Waals surface area contributed by atoms with E-state index >= 15 is 0 Å². The molecule has 2 heterocycles. The molecule has 1 aliphatic heterocycles. The van der Waals surface area contributed by atoms with Gasteiger partial charge in [0.15, 0.2) is 5.13 Å². The van der Waals surface area contributed by atoms with Crippen molar-refractivity contribution >= 4 is 49.5 Å². The van der Waals surface area contributed by atoms with Gasteiger partial charge >= 0.3 is 6.09 Å². The van der Waals surface area contributed by atoms with Crippen LogP contribution >= 0.6 is 11.3 Å². The average Bonchev–Trinajstić information content (AvgIpc) is 3.04. The van der Waals surface area contributed by atoms with Crippen LogP contribution in [0.15, 0.2) is 30.3 Å². The van der Waals surface area contributed by atoms with E-state index < -0.39 is 6.09 Å².